The van der Waals surface area contributed by atoms with E-state index in [9.17, 15) is 4.79 Å². The number of thiazole rings is 1. The average Bonchev–Trinajstić information content (AvgIpc) is 2.89. The Hall–Kier alpha value is -1.72. The van der Waals surface area contributed by atoms with Gasteiger partial charge in [-0.15, -0.1) is 11.3 Å². The van der Waals surface area contributed by atoms with Crippen molar-refractivity contribution in [1.29, 1.82) is 0 Å². The van der Waals surface area contributed by atoms with Gasteiger partial charge in [0.1, 0.15) is 5.69 Å². The van der Waals surface area contributed by atoms with Gasteiger partial charge in [-0.1, -0.05) is 30.3 Å². The van der Waals surface area contributed by atoms with Crippen LogP contribution in [0.25, 0.3) is 10.4 Å². The summed E-state index contributed by atoms with van der Waals surface area (Å²) in [6.07, 6.45) is 1.67. The quantitative estimate of drug-likeness (QED) is 0.931. The Morgan fingerprint density at radius 3 is 2.78 bits per heavy atom. The predicted molar refractivity (Wildman–Crippen MR) is 92.8 cm³/mol. The zero-order valence-corrected chi connectivity index (χ0v) is 14.6. The van der Waals surface area contributed by atoms with Crippen LogP contribution >= 0.6 is 11.3 Å². The molecule has 4 nitrogen and oxygen atoms in total. The number of carbonyl (C=O) groups is 1. The molecule has 1 aliphatic rings. The van der Waals surface area contributed by atoms with Gasteiger partial charge in [-0.25, -0.2) is 4.98 Å². The Balaban J connectivity index is 1.80. The number of hydrogen-bond acceptors (Lipinski definition) is 4. The van der Waals surface area contributed by atoms with E-state index in [-0.39, 0.29) is 17.6 Å². The predicted octanol–water partition coefficient (Wildman–Crippen LogP) is 3.81. The van der Waals surface area contributed by atoms with Crippen molar-refractivity contribution in [1.82, 2.24) is 10.3 Å². The summed E-state index contributed by atoms with van der Waals surface area (Å²) in [5.41, 5.74) is 1.38. The lowest BCUT2D eigenvalue weighted by atomic mass is 9.94. The zero-order chi connectivity index (χ0) is 16.4. The fraction of sp³-hybridized carbons (Fsp3) is 0.444. The second kappa shape index (κ2) is 6.42. The number of carbonyl (C=O) groups excluding carboxylic acids is 1. The van der Waals surface area contributed by atoms with E-state index in [4.69, 9.17) is 4.74 Å². The van der Waals surface area contributed by atoms with Gasteiger partial charge in [0.05, 0.1) is 15.5 Å². The minimum atomic E-state index is -0.184. The maximum atomic E-state index is 12.7. The molecule has 1 aliphatic heterocycles. The molecule has 1 aromatic carbocycles. The van der Waals surface area contributed by atoms with E-state index in [1.54, 1.807) is 11.3 Å². The third-order valence-corrected chi connectivity index (χ3v) is 5.04. The van der Waals surface area contributed by atoms with Gasteiger partial charge in [0.15, 0.2) is 0 Å². The van der Waals surface area contributed by atoms with Gasteiger partial charge in [-0.05, 0) is 39.2 Å². The SMILES string of the molecule is Cc1nc(C(=O)N[C@H]2CCOC(C)(C)C2)c(-c2ccccc2)s1. The van der Waals surface area contributed by atoms with Crippen LogP contribution in [-0.2, 0) is 4.74 Å². The number of aromatic nitrogens is 1. The molecule has 1 aromatic heterocycles. The van der Waals surface area contributed by atoms with Crippen molar-refractivity contribution in [2.45, 2.75) is 45.3 Å². The molecule has 1 saturated heterocycles. The Bertz CT molecular complexity index is 694. The van der Waals surface area contributed by atoms with Crippen molar-refractivity contribution < 1.29 is 9.53 Å². The van der Waals surface area contributed by atoms with Gasteiger partial charge in [-0.3, -0.25) is 4.79 Å². The van der Waals surface area contributed by atoms with Crippen molar-refractivity contribution in [3.63, 3.8) is 0 Å². The van der Waals surface area contributed by atoms with Crippen LogP contribution in [-0.4, -0.2) is 29.1 Å². The molecule has 3 rings (SSSR count). The summed E-state index contributed by atoms with van der Waals surface area (Å²) in [5, 5.41) is 4.04. The second-order valence-electron chi connectivity index (χ2n) is 6.55. The van der Waals surface area contributed by atoms with E-state index in [1.165, 1.54) is 0 Å². The van der Waals surface area contributed by atoms with Crippen molar-refractivity contribution in [2.24, 2.45) is 0 Å². The smallest absolute Gasteiger partial charge is 0.271 e. The number of aryl methyl sites for hydroxylation is 1. The molecule has 1 fully saturated rings. The first-order chi connectivity index (χ1) is 10.9. The molecule has 1 atom stereocenters. The van der Waals surface area contributed by atoms with E-state index < -0.39 is 0 Å². The fourth-order valence-corrected chi connectivity index (χ4v) is 3.90. The molecular formula is C18H22N2O2S. The molecule has 1 N–H and O–H groups in total. The molecule has 5 heteroatoms. The van der Waals surface area contributed by atoms with Crippen molar-refractivity contribution in [2.75, 3.05) is 6.61 Å². The van der Waals surface area contributed by atoms with Crippen molar-refractivity contribution in [3.05, 3.63) is 41.0 Å². The normalized spacial score (nSPS) is 20.2. The maximum absolute atomic E-state index is 12.7. The molecular weight excluding hydrogens is 308 g/mol. The first kappa shape index (κ1) is 16.1. The van der Waals surface area contributed by atoms with Gasteiger partial charge in [0, 0.05) is 12.6 Å². The largest absolute Gasteiger partial charge is 0.375 e. The van der Waals surface area contributed by atoms with Crippen LogP contribution in [0.2, 0.25) is 0 Å². The van der Waals surface area contributed by atoms with Gasteiger partial charge < -0.3 is 10.1 Å². The minimum Gasteiger partial charge on any atom is -0.375 e. The highest BCUT2D eigenvalue weighted by molar-refractivity contribution is 7.15. The third kappa shape index (κ3) is 3.79. The Labute approximate surface area is 140 Å². The Kier molecular flexibility index (Phi) is 4.50. The highest BCUT2D eigenvalue weighted by Crippen LogP contribution is 2.30. The number of nitrogens with one attached hydrogen (secondary N) is 1. The van der Waals surface area contributed by atoms with Gasteiger partial charge in [0.2, 0.25) is 0 Å². The summed E-state index contributed by atoms with van der Waals surface area (Å²) in [4.78, 5) is 18.1. The zero-order valence-electron chi connectivity index (χ0n) is 13.8. The van der Waals surface area contributed by atoms with Crippen molar-refractivity contribution in [3.8, 4) is 10.4 Å². The number of rotatable bonds is 3. The van der Waals surface area contributed by atoms with Crippen LogP contribution < -0.4 is 5.32 Å². The van der Waals surface area contributed by atoms with Crippen LogP contribution in [0.15, 0.2) is 30.3 Å². The molecule has 2 heterocycles. The lowest BCUT2D eigenvalue weighted by Crippen LogP contribution is -2.46. The van der Waals surface area contributed by atoms with E-state index in [0.717, 1.165) is 28.3 Å². The topological polar surface area (TPSA) is 51.2 Å². The molecule has 2 aromatic rings. The highest BCUT2D eigenvalue weighted by atomic mass is 32.1. The van der Waals surface area contributed by atoms with Crippen molar-refractivity contribution >= 4 is 17.2 Å². The van der Waals surface area contributed by atoms with Crippen LogP contribution in [0.5, 0.6) is 0 Å². The molecule has 1 amide bonds. The first-order valence-electron chi connectivity index (χ1n) is 7.92. The summed E-state index contributed by atoms with van der Waals surface area (Å²) >= 11 is 1.56. The number of amides is 1. The number of hydrogen-bond donors (Lipinski definition) is 1. The highest BCUT2D eigenvalue weighted by Gasteiger charge is 2.30. The molecule has 0 saturated carbocycles. The third-order valence-electron chi connectivity index (χ3n) is 4.02. The molecule has 0 spiro atoms. The summed E-state index contributed by atoms with van der Waals surface area (Å²) in [7, 11) is 0. The average molecular weight is 330 g/mol. The minimum absolute atomic E-state index is 0.0871. The van der Waals surface area contributed by atoms with Gasteiger partial charge >= 0.3 is 0 Å². The summed E-state index contributed by atoms with van der Waals surface area (Å²) in [5.74, 6) is -0.0871. The first-order valence-corrected chi connectivity index (χ1v) is 8.74. The molecule has 122 valence electrons. The number of benzene rings is 1. The van der Waals surface area contributed by atoms with E-state index in [0.29, 0.717) is 12.3 Å². The molecule has 0 bridgehead atoms. The molecule has 0 unspecified atom stereocenters. The standard InChI is InChI=1S/C18H22N2O2S/c1-12-19-15(16(23-12)13-7-5-4-6-8-13)17(21)20-14-9-10-22-18(2,3)11-14/h4-8,14H,9-11H2,1-3H3,(H,20,21)/t14-/m0/s1. The molecule has 23 heavy (non-hydrogen) atoms. The summed E-state index contributed by atoms with van der Waals surface area (Å²) in [6, 6.07) is 10.1. The molecule has 0 radical (unpaired) electrons. The maximum Gasteiger partial charge on any atom is 0.271 e. The fourth-order valence-electron chi connectivity index (χ4n) is 2.97. The molecule has 0 aliphatic carbocycles. The van der Waals surface area contributed by atoms with E-state index in [1.807, 2.05) is 37.3 Å². The number of ether oxygens (including phenoxy) is 1. The van der Waals surface area contributed by atoms with Gasteiger partial charge in [-0.2, -0.15) is 0 Å². The second-order valence-corrected chi connectivity index (χ2v) is 7.75. The Morgan fingerprint density at radius 2 is 2.09 bits per heavy atom. The van der Waals surface area contributed by atoms with Gasteiger partial charge in [0.25, 0.3) is 5.91 Å². The number of nitrogens with zero attached hydrogens (tertiary/aromatic N) is 1. The van der Waals surface area contributed by atoms with E-state index in [2.05, 4.69) is 24.1 Å². The Morgan fingerprint density at radius 1 is 1.35 bits per heavy atom. The van der Waals surface area contributed by atoms with Crippen LogP contribution in [0, 0.1) is 6.92 Å². The van der Waals surface area contributed by atoms with E-state index >= 15 is 0 Å². The van der Waals surface area contributed by atoms with Crippen LogP contribution in [0.1, 0.15) is 42.2 Å². The van der Waals surface area contributed by atoms with Crippen LogP contribution in [0.3, 0.4) is 0 Å². The summed E-state index contributed by atoms with van der Waals surface area (Å²) in [6.45, 7) is 6.74. The lowest BCUT2D eigenvalue weighted by Gasteiger charge is -2.35. The lowest BCUT2D eigenvalue weighted by molar-refractivity contribution is -0.0615. The monoisotopic (exact) mass is 330 g/mol. The summed E-state index contributed by atoms with van der Waals surface area (Å²) < 4.78 is 5.72. The van der Waals surface area contributed by atoms with Crippen LogP contribution in [0.4, 0.5) is 0 Å².